The van der Waals surface area contributed by atoms with Gasteiger partial charge < -0.3 is 10.1 Å². The molecule has 0 aromatic heterocycles. The van der Waals surface area contributed by atoms with Gasteiger partial charge in [-0.1, -0.05) is 37.6 Å². The summed E-state index contributed by atoms with van der Waals surface area (Å²) in [7, 11) is 1.69. The molecule has 0 saturated heterocycles. The van der Waals surface area contributed by atoms with E-state index in [1.807, 2.05) is 18.2 Å². The predicted molar refractivity (Wildman–Crippen MR) is 90.2 cm³/mol. The molecule has 3 heteroatoms. The van der Waals surface area contributed by atoms with Gasteiger partial charge in [-0.25, -0.2) is 0 Å². The van der Waals surface area contributed by atoms with Gasteiger partial charge in [0, 0.05) is 17.6 Å². The van der Waals surface area contributed by atoms with Crippen molar-refractivity contribution in [3.8, 4) is 16.9 Å². The number of aryl methyl sites for hydroxylation is 1. The fourth-order valence-corrected chi connectivity index (χ4v) is 2.50. The molecule has 2 rings (SSSR count). The maximum Gasteiger partial charge on any atom is 0.121 e. The molecule has 21 heavy (non-hydrogen) atoms. The zero-order valence-corrected chi connectivity index (χ0v) is 13.8. The summed E-state index contributed by atoms with van der Waals surface area (Å²) in [6.45, 7) is 7.18. The van der Waals surface area contributed by atoms with Gasteiger partial charge in [0.15, 0.2) is 0 Å². The number of hydrogen-bond acceptors (Lipinski definition) is 2. The summed E-state index contributed by atoms with van der Waals surface area (Å²) in [5.41, 5.74) is 4.70. The molecule has 0 heterocycles. The van der Waals surface area contributed by atoms with Crippen LogP contribution in [-0.2, 0) is 6.54 Å². The Balaban J connectivity index is 2.41. The number of nitrogens with one attached hydrogen (secondary N) is 1. The second-order valence-electron chi connectivity index (χ2n) is 5.52. The van der Waals surface area contributed by atoms with E-state index in [0.717, 1.165) is 28.4 Å². The van der Waals surface area contributed by atoms with E-state index in [9.17, 15) is 0 Å². The predicted octanol–water partition coefficient (Wildman–Crippen LogP) is 4.82. The van der Waals surface area contributed by atoms with Gasteiger partial charge in [0.2, 0.25) is 0 Å². The van der Waals surface area contributed by atoms with Crippen LogP contribution in [0.15, 0.2) is 36.4 Å². The number of methoxy groups -OCH3 is 1. The highest BCUT2D eigenvalue weighted by molar-refractivity contribution is 6.30. The van der Waals surface area contributed by atoms with Crippen LogP contribution < -0.4 is 10.1 Å². The molecule has 2 aromatic carbocycles. The van der Waals surface area contributed by atoms with Crippen molar-refractivity contribution >= 4 is 11.6 Å². The van der Waals surface area contributed by atoms with Crippen LogP contribution in [0.4, 0.5) is 0 Å². The first-order chi connectivity index (χ1) is 10.0. The number of ether oxygens (including phenoxy) is 1. The van der Waals surface area contributed by atoms with E-state index in [1.54, 1.807) is 7.11 Å². The Kier molecular flexibility index (Phi) is 5.27. The van der Waals surface area contributed by atoms with Crippen molar-refractivity contribution in [3.05, 3.63) is 52.5 Å². The summed E-state index contributed by atoms with van der Waals surface area (Å²) in [6, 6.07) is 12.7. The molecule has 0 unspecified atom stereocenters. The van der Waals surface area contributed by atoms with E-state index in [4.69, 9.17) is 16.3 Å². The summed E-state index contributed by atoms with van der Waals surface area (Å²) < 4.78 is 5.33. The zero-order chi connectivity index (χ0) is 15.4. The van der Waals surface area contributed by atoms with Crippen molar-refractivity contribution < 1.29 is 4.74 Å². The Labute approximate surface area is 132 Å². The Morgan fingerprint density at radius 2 is 1.90 bits per heavy atom. The van der Waals surface area contributed by atoms with Crippen LogP contribution in [-0.4, -0.2) is 13.2 Å². The quantitative estimate of drug-likeness (QED) is 0.855. The first-order valence-corrected chi connectivity index (χ1v) is 7.56. The van der Waals surface area contributed by atoms with E-state index >= 15 is 0 Å². The smallest absolute Gasteiger partial charge is 0.121 e. The van der Waals surface area contributed by atoms with Crippen molar-refractivity contribution in [1.82, 2.24) is 5.32 Å². The average molecular weight is 304 g/mol. The molecule has 0 radical (unpaired) electrons. The van der Waals surface area contributed by atoms with Gasteiger partial charge in [-0.05, 0) is 53.4 Å². The van der Waals surface area contributed by atoms with Gasteiger partial charge in [-0.3, -0.25) is 0 Å². The number of hydrogen-bond donors (Lipinski definition) is 1. The molecule has 0 atom stereocenters. The monoisotopic (exact) mass is 303 g/mol. The Hall–Kier alpha value is -1.51. The standard InChI is InChI=1S/C18H22ClNO/c1-12(2)20-11-15-5-7-16(19)10-17(15)14-6-8-18(21-4)13(3)9-14/h5-10,12,20H,11H2,1-4H3. The van der Waals surface area contributed by atoms with Gasteiger partial charge in [0.1, 0.15) is 5.75 Å². The van der Waals surface area contributed by atoms with Crippen LogP contribution in [0, 0.1) is 6.92 Å². The van der Waals surface area contributed by atoms with Crippen LogP contribution in [0.3, 0.4) is 0 Å². The van der Waals surface area contributed by atoms with E-state index in [2.05, 4.69) is 44.3 Å². The average Bonchev–Trinajstić information content (AvgIpc) is 2.45. The van der Waals surface area contributed by atoms with E-state index in [0.29, 0.717) is 6.04 Å². The third kappa shape index (κ3) is 3.99. The van der Waals surface area contributed by atoms with Crippen molar-refractivity contribution in [2.75, 3.05) is 7.11 Å². The molecular weight excluding hydrogens is 282 g/mol. The molecule has 0 saturated carbocycles. The Morgan fingerprint density at radius 1 is 1.14 bits per heavy atom. The molecule has 0 fully saturated rings. The number of halogens is 1. The number of benzene rings is 2. The van der Waals surface area contributed by atoms with E-state index in [-0.39, 0.29) is 0 Å². The minimum absolute atomic E-state index is 0.450. The van der Waals surface area contributed by atoms with Gasteiger partial charge in [0.05, 0.1) is 7.11 Å². The molecule has 112 valence electrons. The largest absolute Gasteiger partial charge is 0.496 e. The lowest BCUT2D eigenvalue weighted by Gasteiger charge is -2.14. The lowest BCUT2D eigenvalue weighted by molar-refractivity contribution is 0.412. The van der Waals surface area contributed by atoms with Crippen LogP contribution in [0.2, 0.25) is 5.02 Å². The van der Waals surface area contributed by atoms with Crippen LogP contribution in [0.1, 0.15) is 25.0 Å². The SMILES string of the molecule is COc1ccc(-c2cc(Cl)ccc2CNC(C)C)cc1C. The minimum atomic E-state index is 0.450. The molecule has 2 aromatic rings. The third-order valence-corrected chi connectivity index (χ3v) is 3.71. The van der Waals surface area contributed by atoms with Crippen LogP contribution in [0.5, 0.6) is 5.75 Å². The van der Waals surface area contributed by atoms with Crippen LogP contribution >= 0.6 is 11.6 Å². The van der Waals surface area contributed by atoms with Crippen molar-refractivity contribution in [2.24, 2.45) is 0 Å². The first-order valence-electron chi connectivity index (χ1n) is 7.18. The summed E-state index contributed by atoms with van der Waals surface area (Å²) in [4.78, 5) is 0. The second kappa shape index (κ2) is 6.97. The highest BCUT2D eigenvalue weighted by atomic mass is 35.5. The molecule has 0 amide bonds. The fourth-order valence-electron chi connectivity index (χ4n) is 2.33. The Bertz CT molecular complexity index is 623. The van der Waals surface area contributed by atoms with E-state index < -0.39 is 0 Å². The highest BCUT2D eigenvalue weighted by Crippen LogP contribution is 2.30. The summed E-state index contributed by atoms with van der Waals surface area (Å²) in [5, 5.41) is 4.22. The normalized spacial score (nSPS) is 11.0. The molecule has 0 aliphatic rings. The molecule has 0 aliphatic heterocycles. The van der Waals surface area contributed by atoms with Gasteiger partial charge in [-0.15, -0.1) is 0 Å². The highest BCUT2D eigenvalue weighted by Gasteiger charge is 2.09. The van der Waals surface area contributed by atoms with Gasteiger partial charge >= 0.3 is 0 Å². The minimum Gasteiger partial charge on any atom is -0.496 e. The lowest BCUT2D eigenvalue weighted by atomic mass is 9.97. The van der Waals surface area contributed by atoms with E-state index in [1.165, 1.54) is 11.1 Å². The Morgan fingerprint density at radius 3 is 2.52 bits per heavy atom. The molecule has 1 N–H and O–H groups in total. The molecular formula is C18H22ClNO. The van der Waals surface area contributed by atoms with Gasteiger partial charge in [0.25, 0.3) is 0 Å². The van der Waals surface area contributed by atoms with Crippen molar-refractivity contribution in [3.63, 3.8) is 0 Å². The molecule has 2 nitrogen and oxygen atoms in total. The molecule has 0 aliphatic carbocycles. The maximum absolute atomic E-state index is 6.18. The molecule has 0 bridgehead atoms. The third-order valence-electron chi connectivity index (χ3n) is 3.48. The van der Waals surface area contributed by atoms with Crippen molar-refractivity contribution in [1.29, 1.82) is 0 Å². The van der Waals surface area contributed by atoms with Gasteiger partial charge in [-0.2, -0.15) is 0 Å². The summed E-state index contributed by atoms with van der Waals surface area (Å²) in [5.74, 6) is 0.905. The number of rotatable bonds is 5. The van der Waals surface area contributed by atoms with Crippen molar-refractivity contribution in [2.45, 2.75) is 33.4 Å². The second-order valence-corrected chi connectivity index (χ2v) is 5.96. The first kappa shape index (κ1) is 15.9. The maximum atomic E-state index is 6.18. The zero-order valence-electron chi connectivity index (χ0n) is 13.0. The fraction of sp³-hybridized carbons (Fsp3) is 0.333. The topological polar surface area (TPSA) is 21.3 Å². The molecule has 0 spiro atoms. The summed E-state index contributed by atoms with van der Waals surface area (Å²) in [6.07, 6.45) is 0. The summed E-state index contributed by atoms with van der Waals surface area (Å²) >= 11 is 6.18. The van der Waals surface area contributed by atoms with Crippen LogP contribution in [0.25, 0.3) is 11.1 Å². The lowest BCUT2D eigenvalue weighted by Crippen LogP contribution is -2.22.